The third-order valence-corrected chi connectivity index (χ3v) is 10.9. The molecule has 0 spiro atoms. The molecule has 0 fully saturated rings. The van der Waals surface area contributed by atoms with Crippen molar-refractivity contribution in [3.63, 3.8) is 0 Å². The van der Waals surface area contributed by atoms with Gasteiger partial charge in [-0.25, -0.2) is 0 Å². The van der Waals surface area contributed by atoms with Gasteiger partial charge in [0.25, 0.3) is 0 Å². The maximum Gasteiger partial charge on any atom is 0.0352 e. The Morgan fingerprint density at radius 1 is 0.240 bits per heavy atom. The molecule has 0 aliphatic heterocycles. The lowest BCUT2D eigenvalue weighted by Crippen LogP contribution is -2.01. The summed E-state index contributed by atoms with van der Waals surface area (Å²) in [5.74, 6) is 0.371. The first-order valence-electron chi connectivity index (χ1n) is 17.6. The zero-order valence-electron chi connectivity index (χ0n) is 27.6. The van der Waals surface area contributed by atoms with Gasteiger partial charge in [0.15, 0.2) is 0 Å². The predicted molar refractivity (Wildman–Crippen MR) is 208 cm³/mol. The van der Waals surface area contributed by atoms with Crippen LogP contribution in [0.5, 0.6) is 0 Å². The fraction of sp³-hybridized carbons (Fsp3) is 0.0400. The van der Waals surface area contributed by atoms with Crippen LogP contribution in [0.3, 0.4) is 0 Å². The normalized spacial score (nSPS) is 15.2. The highest BCUT2D eigenvalue weighted by atomic mass is 14.4. The molecule has 2 unspecified atom stereocenters. The Bertz CT molecular complexity index is 2510. The molecule has 50 heavy (non-hydrogen) atoms. The molecule has 0 heterocycles. The fourth-order valence-electron chi connectivity index (χ4n) is 8.58. The topological polar surface area (TPSA) is 0 Å². The van der Waals surface area contributed by atoms with Crippen molar-refractivity contribution in [2.24, 2.45) is 0 Å². The standard InChI is InChI=1S/C50H34/c1-3-12-33(13-4-1)35-22-24-37(25-23-35)39-16-11-17-40(32-39)48-42-19-8-10-21-44(42)50-46(48)31-30-45-47(41-18-7-9-20-43(41)49(45)50)38-28-26-36(27-29-38)34-14-5-2-6-15-34/h1-32,47-48H. The second kappa shape index (κ2) is 11.7. The lowest BCUT2D eigenvalue weighted by molar-refractivity contribution is 0.998. The maximum atomic E-state index is 2.43. The van der Waals surface area contributed by atoms with Gasteiger partial charge < -0.3 is 0 Å². The summed E-state index contributed by atoms with van der Waals surface area (Å²) in [6.45, 7) is 0. The van der Waals surface area contributed by atoms with Crippen molar-refractivity contribution in [3.8, 4) is 55.6 Å². The Hall–Kier alpha value is -6.24. The van der Waals surface area contributed by atoms with E-state index in [1.807, 2.05) is 0 Å². The van der Waals surface area contributed by atoms with Crippen molar-refractivity contribution in [1.29, 1.82) is 0 Å². The number of hydrogen-bond acceptors (Lipinski definition) is 0. The van der Waals surface area contributed by atoms with E-state index in [1.54, 1.807) is 0 Å². The van der Waals surface area contributed by atoms with Gasteiger partial charge >= 0.3 is 0 Å². The van der Waals surface area contributed by atoms with Crippen LogP contribution in [0, 0.1) is 0 Å². The lowest BCUT2D eigenvalue weighted by atomic mass is 9.85. The summed E-state index contributed by atoms with van der Waals surface area (Å²) in [7, 11) is 0. The molecule has 0 saturated heterocycles. The van der Waals surface area contributed by atoms with Gasteiger partial charge in [-0.05, 0) is 89.0 Å². The summed E-state index contributed by atoms with van der Waals surface area (Å²) in [6.07, 6.45) is 0. The average Bonchev–Trinajstić information content (AvgIpc) is 3.72. The minimum Gasteiger partial charge on any atom is -0.0622 e. The number of benzene rings is 8. The van der Waals surface area contributed by atoms with E-state index < -0.39 is 0 Å². The van der Waals surface area contributed by atoms with E-state index in [0.717, 1.165) is 0 Å². The van der Waals surface area contributed by atoms with E-state index in [4.69, 9.17) is 0 Å². The molecule has 0 bridgehead atoms. The van der Waals surface area contributed by atoms with E-state index >= 15 is 0 Å². The largest absolute Gasteiger partial charge is 0.0622 e. The van der Waals surface area contributed by atoms with Gasteiger partial charge in [-0.3, -0.25) is 0 Å². The van der Waals surface area contributed by atoms with Gasteiger partial charge in [0, 0.05) is 11.8 Å². The molecule has 2 aliphatic rings. The molecular formula is C50H34. The van der Waals surface area contributed by atoms with E-state index in [9.17, 15) is 0 Å². The van der Waals surface area contributed by atoms with Crippen LogP contribution in [0.25, 0.3) is 55.6 Å². The van der Waals surface area contributed by atoms with E-state index in [1.165, 1.54) is 89.0 Å². The molecule has 0 aromatic heterocycles. The molecule has 0 radical (unpaired) electrons. The van der Waals surface area contributed by atoms with E-state index in [0.29, 0.717) is 0 Å². The molecule has 8 aromatic rings. The highest BCUT2D eigenvalue weighted by molar-refractivity contribution is 5.98. The third-order valence-electron chi connectivity index (χ3n) is 10.9. The molecule has 0 nitrogen and oxygen atoms in total. The van der Waals surface area contributed by atoms with Crippen LogP contribution in [-0.4, -0.2) is 0 Å². The Kier molecular flexibility index (Phi) is 6.74. The van der Waals surface area contributed by atoms with Gasteiger partial charge in [-0.2, -0.15) is 0 Å². The van der Waals surface area contributed by atoms with Crippen LogP contribution in [0.2, 0.25) is 0 Å². The monoisotopic (exact) mass is 634 g/mol. The van der Waals surface area contributed by atoms with Gasteiger partial charge in [-0.1, -0.05) is 194 Å². The summed E-state index contributed by atoms with van der Waals surface area (Å²) in [5.41, 5.74) is 21.2. The van der Waals surface area contributed by atoms with Crippen molar-refractivity contribution in [1.82, 2.24) is 0 Å². The minimum absolute atomic E-state index is 0.173. The summed E-state index contributed by atoms with van der Waals surface area (Å²) >= 11 is 0. The van der Waals surface area contributed by atoms with Crippen LogP contribution in [0.15, 0.2) is 194 Å². The van der Waals surface area contributed by atoms with Crippen molar-refractivity contribution in [3.05, 3.63) is 228 Å². The zero-order chi connectivity index (χ0) is 33.0. The van der Waals surface area contributed by atoms with Crippen LogP contribution in [0.1, 0.15) is 45.2 Å². The Morgan fingerprint density at radius 2 is 0.640 bits per heavy atom. The number of hydrogen-bond donors (Lipinski definition) is 0. The number of fused-ring (bicyclic) bond motifs is 7. The number of rotatable bonds is 5. The molecule has 234 valence electrons. The molecule has 2 aliphatic carbocycles. The Balaban J connectivity index is 1.08. The van der Waals surface area contributed by atoms with Gasteiger partial charge in [0.2, 0.25) is 0 Å². The second-order valence-corrected chi connectivity index (χ2v) is 13.6. The summed E-state index contributed by atoms with van der Waals surface area (Å²) in [6, 6.07) is 71.7. The molecular weight excluding hydrogens is 601 g/mol. The van der Waals surface area contributed by atoms with Crippen LogP contribution >= 0.6 is 0 Å². The Morgan fingerprint density at radius 3 is 1.18 bits per heavy atom. The van der Waals surface area contributed by atoms with Gasteiger partial charge in [0.1, 0.15) is 0 Å². The molecule has 10 rings (SSSR count). The second-order valence-electron chi connectivity index (χ2n) is 13.6. The predicted octanol–water partition coefficient (Wildman–Crippen LogP) is 13.0. The van der Waals surface area contributed by atoms with Crippen LogP contribution in [0.4, 0.5) is 0 Å². The minimum atomic E-state index is 0.173. The van der Waals surface area contributed by atoms with E-state index in [2.05, 4.69) is 194 Å². The summed E-state index contributed by atoms with van der Waals surface area (Å²) in [4.78, 5) is 0. The highest BCUT2D eigenvalue weighted by Gasteiger charge is 2.38. The van der Waals surface area contributed by atoms with Gasteiger partial charge in [0.05, 0.1) is 0 Å². The average molecular weight is 635 g/mol. The first-order valence-corrected chi connectivity index (χ1v) is 17.6. The summed E-state index contributed by atoms with van der Waals surface area (Å²) in [5, 5.41) is 0. The maximum absolute atomic E-state index is 2.43. The van der Waals surface area contributed by atoms with Crippen molar-refractivity contribution in [2.75, 3.05) is 0 Å². The fourth-order valence-corrected chi connectivity index (χ4v) is 8.58. The first-order chi connectivity index (χ1) is 24.8. The highest BCUT2D eigenvalue weighted by Crippen LogP contribution is 2.58. The third kappa shape index (κ3) is 4.60. The molecule has 0 N–H and O–H groups in total. The van der Waals surface area contributed by atoms with Gasteiger partial charge in [-0.15, -0.1) is 0 Å². The van der Waals surface area contributed by atoms with Crippen molar-refractivity contribution >= 4 is 0 Å². The molecule has 0 heteroatoms. The van der Waals surface area contributed by atoms with Crippen LogP contribution < -0.4 is 0 Å². The first kappa shape index (κ1) is 28.7. The van der Waals surface area contributed by atoms with E-state index in [-0.39, 0.29) is 11.8 Å². The molecule has 2 atom stereocenters. The summed E-state index contributed by atoms with van der Waals surface area (Å²) < 4.78 is 0. The zero-order valence-corrected chi connectivity index (χ0v) is 27.6. The quantitative estimate of drug-likeness (QED) is 0.177. The van der Waals surface area contributed by atoms with Crippen molar-refractivity contribution in [2.45, 2.75) is 11.8 Å². The molecule has 0 saturated carbocycles. The smallest absolute Gasteiger partial charge is 0.0352 e. The molecule has 0 amide bonds. The Labute approximate surface area is 294 Å². The SMILES string of the molecule is c1ccc(-c2ccc(-c3cccc(C4c5ccccc5-c5c4ccc4c5-c5ccccc5C4c4ccc(-c5ccccc5)cc4)c3)cc2)cc1. The van der Waals surface area contributed by atoms with Crippen LogP contribution in [-0.2, 0) is 0 Å². The van der Waals surface area contributed by atoms with Crippen molar-refractivity contribution < 1.29 is 0 Å². The lowest BCUT2D eigenvalue weighted by Gasteiger charge is -2.18. The molecule has 8 aromatic carbocycles.